The van der Waals surface area contributed by atoms with E-state index in [2.05, 4.69) is 11.1 Å². The number of aromatic nitrogens is 2. The Balaban J connectivity index is 2.03. The Morgan fingerprint density at radius 3 is 2.67 bits per heavy atom. The van der Waals surface area contributed by atoms with Crippen LogP contribution in [0.3, 0.4) is 0 Å². The van der Waals surface area contributed by atoms with Crippen molar-refractivity contribution < 1.29 is 9.90 Å². The molecule has 0 saturated carbocycles. The smallest absolute Gasteiger partial charge is 0.337 e. The maximum absolute atomic E-state index is 12.2. The van der Waals surface area contributed by atoms with E-state index < -0.39 is 5.97 Å². The predicted octanol–water partition coefficient (Wildman–Crippen LogP) is 3.18. The molecule has 2 heterocycles. The number of carboxylic acids is 1. The highest BCUT2D eigenvalue weighted by Gasteiger charge is 2.06. The Morgan fingerprint density at radius 1 is 1.12 bits per heavy atom. The number of fused-ring (bicyclic) bond motifs is 1. The first-order valence-corrected chi connectivity index (χ1v) is 7.46. The van der Waals surface area contributed by atoms with Crippen LogP contribution in [0.2, 0.25) is 0 Å². The van der Waals surface area contributed by atoms with Crippen molar-refractivity contribution >= 4 is 23.8 Å². The lowest BCUT2D eigenvalue weighted by Crippen LogP contribution is -2.15. The number of nitrogens with zero attached hydrogens (tertiary/aromatic N) is 2. The molecule has 0 saturated heterocycles. The fourth-order valence-electron chi connectivity index (χ4n) is 2.45. The van der Waals surface area contributed by atoms with Crippen LogP contribution in [0.25, 0.3) is 17.8 Å². The molecule has 1 aromatic carbocycles. The Morgan fingerprint density at radius 2 is 1.92 bits per heavy atom. The number of hydrogen-bond acceptors (Lipinski definition) is 3. The molecular weight excluding hydrogens is 304 g/mol. The van der Waals surface area contributed by atoms with E-state index in [-0.39, 0.29) is 11.1 Å². The van der Waals surface area contributed by atoms with E-state index >= 15 is 0 Å². The molecule has 0 atom stereocenters. The molecule has 5 nitrogen and oxygen atoms in total. The van der Waals surface area contributed by atoms with Crippen LogP contribution < -0.4 is 5.56 Å². The van der Waals surface area contributed by atoms with Gasteiger partial charge in [0.25, 0.3) is 5.56 Å². The molecule has 0 spiro atoms. The minimum atomic E-state index is -1.08. The van der Waals surface area contributed by atoms with Gasteiger partial charge in [-0.25, -0.2) is 9.78 Å². The Labute approximate surface area is 138 Å². The SMILES string of the molecule is Cc1ccc(C)c(/C=C/c2cc(=O)n3cc(C(=O)O)ccc3n2)c1. The second-order valence-corrected chi connectivity index (χ2v) is 5.66. The molecule has 2 aromatic heterocycles. The quantitative estimate of drug-likeness (QED) is 0.804. The van der Waals surface area contributed by atoms with E-state index in [4.69, 9.17) is 5.11 Å². The van der Waals surface area contributed by atoms with Crippen molar-refractivity contribution in [1.82, 2.24) is 9.38 Å². The van der Waals surface area contributed by atoms with Gasteiger partial charge in [0.1, 0.15) is 5.65 Å². The molecule has 24 heavy (non-hydrogen) atoms. The molecular formula is C19H16N2O3. The lowest BCUT2D eigenvalue weighted by Gasteiger charge is -2.04. The number of rotatable bonds is 3. The third-order valence-corrected chi connectivity index (χ3v) is 3.79. The van der Waals surface area contributed by atoms with Crippen LogP contribution in [0.5, 0.6) is 0 Å². The third-order valence-electron chi connectivity index (χ3n) is 3.79. The maximum atomic E-state index is 12.2. The van der Waals surface area contributed by atoms with E-state index in [1.54, 1.807) is 6.08 Å². The molecule has 3 aromatic rings. The molecule has 0 radical (unpaired) electrons. The zero-order chi connectivity index (χ0) is 17.3. The van der Waals surface area contributed by atoms with Gasteiger partial charge in [0.15, 0.2) is 0 Å². The molecule has 3 rings (SSSR count). The summed E-state index contributed by atoms with van der Waals surface area (Å²) >= 11 is 0. The van der Waals surface area contributed by atoms with Gasteiger partial charge in [-0.2, -0.15) is 0 Å². The van der Waals surface area contributed by atoms with E-state index in [1.165, 1.54) is 28.8 Å². The van der Waals surface area contributed by atoms with Crippen molar-refractivity contribution in [3.8, 4) is 0 Å². The van der Waals surface area contributed by atoms with Crippen LogP contribution in [0.4, 0.5) is 0 Å². The summed E-state index contributed by atoms with van der Waals surface area (Å²) in [5.41, 5.74) is 4.04. The van der Waals surface area contributed by atoms with Gasteiger partial charge in [0, 0.05) is 12.3 Å². The van der Waals surface area contributed by atoms with Gasteiger partial charge < -0.3 is 5.11 Å². The van der Waals surface area contributed by atoms with E-state index in [0.717, 1.165) is 16.7 Å². The lowest BCUT2D eigenvalue weighted by molar-refractivity contribution is 0.0696. The molecule has 0 fully saturated rings. The average Bonchev–Trinajstić information content (AvgIpc) is 2.55. The standard InChI is InChI=1S/C19H16N2O3/c1-12-3-4-13(2)14(9-12)5-7-16-10-18(22)21-11-15(19(23)24)6-8-17(21)20-16/h3-11H,1-2H3,(H,23,24)/b7-5+. The van der Waals surface area contributed by atoms with Crippen molar-refractivity contribution in [2.45, 2.75) is 13.8 Å². The van der Waals surface area contributed by atoms with E-state index in [9.17, 15) is 9.59 Å². The highest BCUT2D eigenvalue weighted by molar-refractivity contribution is 5.87. The summed E-state index contributed by atoms with van der Waals surface area (Å²) in [5.74, 6) is -1.08. The van der Waals surface area contributed by atoms with Crippen LogP contribution in [0.15, 0.2) is 47.4 Å². The molecule has 0 aliphatic rings. The first-order chi connectivity index (χ1) is 11.4. The summed E-state index contributed by atoms with van der Waals surface area (Å²) in [6.45, 7) is 4.05. The molecule has 0 bridgehead atoms. The van der Waals surface area contributed by atoms with Crippen LogP contribution in [-0.4, -0.2) is 20.5 Å². The van der Waals surface area contributed by atoms with Crippen molar-refractivity contribution in [2.75, 3.05) is 0 Å². The Hall–Kier alpha value is -3.21. The van der Waals surface area contributed by atoms with Gasteiger partial charge in [-0.15, -0.1) is 0 Å². The summed E-state index contributed by atoms with van der Waals surface area (Å²) in [6, 6.07) is 10.5. The maximum Gasteiger partial charge on any atom is 0.337 e. The second kappa shape index (κ2) is 6.12. The number of benzene rings is 1. The van der Waals surface area contributed by atoms with Crippen molar-refractivity contribution in [2.24, 2.45) is 0 Å². The number of pyridine rings is 1. The largest absolute Gasteiger partial charge is 0.478 e. The highest BCUT2D eigenvalue weighted by Crippen LogP contribution is 2.14. The van der Waals surface area contributed by atoms with Crippen molar-refractivity contribution in [3.05, 3.63) is 80.9 Å². The first kappa shape index (κ1) is 15.7. The average molecular weight is 320 g/mol. The van der Waals surface area contributed by atoms with Crippen molar-refractivity contribution in [3.63, 3.8) is 0 Å². The van der Waals surface area contributed by atoms with Crippen LogP contribution in [0.1, 0.15) is 32.7 Å². The minimum absolute atomic E-state index is 0.0464. The van der Waals surface area contributed by atoms with Crippen molar-refractivity contribution in [1.29, 1.82) is 0 Å². The zero-order valence-electron chi connectivity index (χ0n) is 13.4. The zero-order valence-corrected chi connectivity index (χ0v) is 13.4. The van der Waals surface area contributed by atoms with Gasteiger partial charge in [-0.05, 0) is 43.2 Å². The molecule has 1 N–H and O–H groups in total. The van der Waals surface area contributed by atoms with Gasteiger partial charge in [0.2, 0.25) is 0 Å². The summed E-state index contributed by atoms with van der Waals surface area (Å²) in [6.07, 6.45) is 4.99. The molecule has 5 heteroatoms. The highest BCUT2D eigenvalue weighted by atomic mass is 16.4. The number of carbonyl (C=O) groups is 1. The monoisotopic (exact) mass is 320 g/mol. The topological polar surface area (TPSA) is 71.7 Å². The fraction of sp³-hybridized carbons (Fsp3) is 0.105. The number of aromatic carboxylic acids is 1. The summed E-state index contributed by atoms with van der Waals surface area (Å²) in [5, 5.41) is 9.00. The third kappa shape index (κ3) is 3.10. The molecule has 0 aliphatic carbocycles. The number of aryl methyl sites for hydroxylation is 2. The summed E-state index contributed by atoms with van der Waals surface area (Å²) in [4.78, 5) is 27.6. The molecule has 0 aliphatic heterocycles. The fourth-order valence-corrected chi connectivity index (χ4v) is 2.45. The van der Waals surface area contributed by atoms with E-state index in [0.29, 0.717) is 11.3 Å². The second-order valence-electron chi connectivity index (χ2n) is 5.66. The van der Waals surface area contributed by atoms with E-state index in [1.807, 2.05) is 32.1 Å². The molecule has 120 valence electrons. The molecule has 0 unspecified atom stereocenters. The number of hydrogen-bond donors (Lipinski definition) is 1. The minimum Gasteiger partial charge on any atom is -0.478 e. The summed E-state index contributed by atoms with van der Waals surface area (Å²) < 4.78 is 1.23. The van der Waals surface area contributed by atoms with Gasteiger partial charge >= 0.3 is 5.97 Å². The predicted molar refractivity (Wildman–Crippen MR) is 93.3 cm³/mol. The van der Waals surface area contributed by atoms with Crippen LogP contribution in [0, 0.1) is 13.8 Å². The first-order valence-electron chi connectivity index (χ1n) is 7.46. The number of carboxylic acid groups (broad SMARTS) is 1. The van der Waals surface area contributed by atoms with Crippen LogP contribution >= 0.6 is 0 Å². The Bertz CT molecular complexity index is 1030. The lowest BCUT2D eigenvalue weighted by atomic mass is 10.1. The molecule has 0 amide bonds. The van der Waals surface area contributed by atoms with Crippen LogP contribution in [-0.2, 0) is 0 Å². The summed E-state index contributed by atoms with van der Waals surface area (Å²) in [7, 11) is 0. The normalized spacial score (nSPS) is 11.2. The van der Waals surface area contributed by atoms with Gasteiger partial charge in [-0.1, -0.05) is 29.8 Å². The van der Waals surface area contributed by atoms with Gasteiger partial charge in [-0.3, -0.25) is 9.20 Å². The van der Waals surface area contributed by atoms with Gasteiger partial charge in [0.05, 0.1) is 11.3 Å². The Kier molecular flexibility index (Phi) is 4.00.